The van der Waals surface area contributed by atoms with E-state index in [4.69, 9.17) is 5.73 Å². The quantitative estimate of drug-likeness (QED) is 0.791. The van der Waals surface area contributed by atoms with E-state index in [1.165, 1.54) is 22.3 Å². The van der Waals surface area contributed by atoms with Crippen LogP contribution in [0.5, 0.6) is 0 Å². The fourth-order valence-corrected chi connectivity index (χ4v) is 2.23. The molecule has 0 fully saturated rings. The summed E-state index contributed by atoms with van der Waals surface area (Å²) < 4.78 is 0. The summed E-state index contributed by atoms with van der Waals surface area (Å²) in [5, 5.41) is 0. The summed E-state index contributed by atoms with van der Waals surface area (Å²) >= 11 is 0. The third-order valence-corrected chi connectivity index (χ3v) is 3.31. The molecule has 0 radical (unpaired) electrons. The fraction of sp³-hybridized carbons (Fsp3) is 0.250. The van der Waals surface area contributed by atoms with Crippen LogP contribution in [0.25, 0.3) is 0 Å². The molecule has 2 aromatic carbocycles. The van der Waals surface area contributed by atoms with Gasteiger partial charge in [-0.15, -0.1) is 0 Å². The maximum Gasteiger partial charge on any atom is 0.0352 e. The minimum Gasteiger partial charge on any atom is -0.398 e. The van der Waals surface area contributed by atoms with E-state index in [0.29, 0.717) is 0 Å². The van der Waals surface area contributed by atoms with Gasteiger partial charge in [0.05, 0.1) is 0 Å². The van der Waals surface area contributed by atoms with Gasteiger partial charge in [0.1, 0.15) is 0 Å². The van der Waals surface area contributed by atoms with Crippen molar-refractivity contribution < 1.29 is 0 Å². The van der Waals surface area contributed by atoms with Gasteiger partial charge in [-0.1, -0.05) is 43.3 Å². The SMILES string of the molecule is CCc1ccccc1Cc1c(C)cccc1N. The second-order valence-electron chi connectivity index (χ2n) is 4.44. The smallest absolute Gasteiger partial charge is 0.0352 e. The number of benzene rings is 2. The molecular formula is C16H19N. The highest BCUT2D eigenvalue weighted by molar-refractivity contribution is 5.53. The monoisotopic (exact) mass is 225 g/mol. The lowest BCUT2D eigenvalue weighted by Gasteiger charge is -2.12. The van der Waals surface area contributed by atoms with Crippen LogP contribution in [0, 0.1) is 6.92 Å². The van der Waals surface area contributed by atoms with Crippen molar-refractivity contribution in [2.24, 2.45) is 0 Å². The Labute approximate surface area is 103 Å². The van der Waals surface area contributed by atoms with Crippen molar-refractivity contribution in [3.8, 4) is 0 Å². The average Bonchev–Trinajstić information content (AvgIpc) is 2.34. The van der Waals surface area contributed by atoms with Crippen molar-refractivity contribution in [3.63, 3.8) is 0 Å². The van der Waals surface area contributed by atoms with Crippen molar-refractivity contribution in [2.45, 2.75) is 26.7 Å². The van der Waals surface area contributed by atoms with Crippen molar-refractivity contribution in [2.75, 3.05) is 5.73 Å². The van der Waals surface area contributed by atoms with Crippen LogP contribution in [-0.4, -0.2) is 0 Å². The maximum atomic E-state index is 6.06. The Bertz CT molecular complexity index is 494. The van der Waals surface area contributed by atoms with E-state index in [1.54, 1.807) is 0 Å². The van der Waals surface area contributed by atoms with Crippen molar-refractivity contribution in [1.82, 2.24) is 0 Å². The Kier molecular flexibility index (Phi) is 3.48. The standard InChI is InChI=1S/C16H19N/c1-3-13-8-4-5-9-14(13)11-15-12(2)7-6-10-16(15)17/h4-10H,3,11,17H2,1-2H3. The number of nitrogens with two attached hydrogens (primary N) is 1. The first-order valence-corrected chi connectivity index (χ1v) is 6.13. The molecule has 0 aliphatic carbocycles. The number of nitrogen functional groups attached to an aromatic ring is 1. The van der Waals surface area contributed by atoms with E-state index >= 15 is 0 Å². The van der Waals surface area contributed by atoms with Gasteiger partial charge in [0.25, 0.3) is 0 Å². The number of anilines is 1. The van der Waals surface area contributed by atoms with Gasteiger partial charge in [-0.3, -0.25) is 0 Å². The first-order chi connectivity index (χ1) is 8.22. The molecule has 0 bridgehead atoms. The van der Waals surface area contributed by atoms with Crippen molar-refractivity contribution in [3.05, 3.63) is 64.7 Å². The van der Waals surface area contributed by atoms with E-state index in [-0.39, 0.29) is 0 Å². The molecular weight excluding hydrogens is 206 g/mol. The summed E-state index contributed by atoms with van der Waals surface area (Å²) in [7, 11) is 0. The van der Waals surface area contributed by atoms with E-state index in [9.17, 15) is 0 Å². The zero-order valence-electron chi connectivity index (χ0n) is 10.5. The highest BCUT2D eigenvalue weighted by Crippen LogP contribution is 2.22. The molecule has 0 spiro atoms. The van der Waals surface area contributed by atoms with Gasteiger partial charge < -0.3 is 5.73 Å². The Hall–Kier alpha value is -1.76. The van der Waals surface area contributed by atoms with Gasteiger partial charge in [-0.2, -0.15) is 0 Å². The second kappa shape index (κ2) is 5.05. The summed E-state index contributed by atoms with van der Waals surface area (Å²) in [5.41, 5.74) is 12.3. The van der Waals surface area contributed by atoms with E-state index in [2.05, 4.69) is 44.2 Å². The summed E-state index contributed by atoms with van der Waals surface area (Å²) in [4.78, 5) is 0. The zero-order chi connectivity index (χ0) is 12.3. The van der Waals surface area contributed by atoms with Gasteiger partial charge in [0, 0.05) is 5.69 Å². The van der Waals surface area contributed by atoms with Gasteiger partial charge in [0.2, 0.25) is 0 Å². The van der Waals surface area contributed by atoms with Crippen LogP contribution in [0.15, 0.2) is 42.5 Å². The van der Waals surface area contributed by atoms with E-state index in [1.807, 2.05) is 12.1 Å². The Balaban J connectivity index is 2.38. The van der Waals surface area contributed by atoms with Crippen LogP contribution in [-0.2, 0) is 12.8 Å². The number of aryl methyl sites for hydroxylation is 2. The van der Waals surface area contributed by atoms with E-state index in [0.717, 1.165) is 18.5 Å². The maximum absolute atomic E-state index is 6.06. The molecule has 0 atom stereocenters. The van der Waals surface area contributed by atoms with Crippen LogP contribution >= 0.6 is 0 Å². The number of hydrogen-bond donors (Lipinski definition) is 1. The van der Waals surface area contributed by atoms with Crippen LogP contribution in [0.3, 0.4) is 0 Å². The third kappa shape index (κ3) is 2.50. The molecule has 0 unspecified atom stereocenters. The predicted octanol–water partition coefficient (Wildman–Crippen LogP) is 3.73. The van der Waals surface area contributed by atoms with Crippen LogP contribution < -0.4 is 5.73 Å². The highest BCUT2D eigenvalue weighted by Gasteiger charge is 2.06. The topological polar surface area (TPSA) is 26.0 Å². The molecule has 17 heavy (non-hydrogen) atoms. The summed E-state index contributed by atoms with van der Waals surface area (Å²) in [6, 6.07) is 14.7. The molecule has 1 nitrogen and oxygen atoms in total. The highest BCUT2D eigenvalue weighted by atomic mass is 14.6. The van der Waals surface area contributed by atoms with Gasteiger partial charge >= 0.3 is 0 Å². The molecule has 0 saturated carbocycles. The first-order valence-electron chi connectivity index (χ1n) is 6.13. The average molecular weight is 225 g/mol. The minimum absolute atomic E-state index is 0.899. The molecule has 2 rings (SSSR count). The normalized spacial score (nSPS) is 10.5. The Morgan fingerprint density at radius 2 is 1.65 bits per heavy atom. The molecule has 2 aromatic rings. The van der Waals surface area contributed by atoms with E-state index < -0.39 is 0 Å². The molecule has 2 N–H and O–H groups in total. The van der Waals surface area contributed by atoms with Gasteiger partial charge in [-0.25, -0.2) is 0 Å². The fourth-order valence-electron chi connectivity index (χ4n) is 2.23. The lowest BCUT2D eigenvalue weighted by atomic mass is 9.95. The molecule has 0 aliphatic rings. The number of rotatable bonds is 3. The molecule has 88 valence electrons. The lowest BCUT2D eigenvalue weighted by molar-refractivity contribution is 1.05. The minimum atomic E-state index is 0.899. The Morgan fingerprint density at radius 3 is 2.29 bits per heavy atom. The molecule has 0 aliphatic heterocycles. The zero-order valence-corrected chi connectivity index (χ0v) is 10.5. The third-order valence-electron chi connectivity index (χ3n) is 3.31. The summed E-state index contributed by atoms with van der Waals surface area (Å²) in [6.45, 7) is 4.32. The first kappa shape index (κ1) is 11.7. The summed E-state index contributed by atoms with van der Waals surface area (Å²) in [6.07, 6.45) is 2.00. The predicted molar refractivity (Wildman–Crippen MR) is 74.2 cm³/mol. The van der Waals surface area contributed by atoms with Gasteiger partial charge in [0.15, 0.2) is 0 Å². The summed E-state index contributed by atoms with van der Waals surface area (Å²) in [5.74, 6) is 0. The molecule has 1 heteroatoms. The lowest BCUT2D eigenvalue weighted by Crippen LogP contribution is -2.00. The largest absolute Gasteiger partial charge is 0.398 e. The van der Waals surface area contributed by atoms with Gasteiger partial charge in [-0.05, 0) is 48.1 Å². The van der Waals surface area contributed by atoms with Crippen LogP contribution in [0.1, 0.15) is 29.2 Å². The molecule has 0 amide bonds. The van der Waals surface area contributed by atoms with Crippen molar-refractivity contribution >= 4 is 5.69 Å². The Morgan fingerprint density at radius 1 is 0.941 bits per heavy atom. The molecule has 0 saturated heterocycles. The number of hydrogen-bond acceptors (Lipinski definition) is 1. The second-order valence-corrected chi connectivity index (χ2v) is 4.44. The molecule has 0 aromatic heterocycles. The van der Waals surface area contributed by atoms with Crippen LogP contribution in [0.4, 0.5) is 5.69 Å². The van der Waals surface area contributed by atoms with Crippen molar-refractivity contribution in [1.29, 1.82) is 0 Å². The molecule has 0 heterocycles. The van der Waals surface area contributed by atoms with Crippen LogP contribution in [0.2, 0.25) is 0 Å².